The molecule has 3 aromatic rings. The number of H-pyrrole nitrogens is 2. The van der Waals surface area contributed by atoms with E-state index < -0.39 is 11.2 Å². The van der Waals surface area contributed by atoms with Crippen molar-refractivity contribution in [1.82, 2.24) is 25.1 Å². The van der Waals surface area contributed by atoms with Crippen LogP contribution in [-0.2, 0) is 0 Å². The van der Waals surface area contributed by atoms with Gasteiger partial charge in [0.15, 0.2) is 0 Å². The van der Waals surface area contributed by atoms with E-state index in [0.717, 1.165) is 23.2 Å². The highest BCUT2D eigenvalue weighted by Gasteiger charge is 2.38. The molecular weight excluding hydrogens is 330 g/mol. The van der Waals surface area contributed by atoms with Crippen molar-refractivity contribution in [3.05, 3.63) is 74.4 Å². The Hall–Kier alpha value is -3.53. The fourth-order valence-corrected chi connectivity index (χ4v) is 2.88. The SMILES string of the molecule is Cc1nnc(-c2c[nH]c(=O)[nH]c2=O)cc1[C@H]1C[C@@H]1C#Cc1ccncc1. The molecule has 0 saturated heterocycles. The van der Waals surface area contributed by atoms with Crippen molar-refractivity contribution < 1.29 is 0 Å². The molecule has 1 aliphatic rings. The Bertz CT molecular complexity index is 1140. The average Bonchev–Trinajstić information content (AvgIpc) is 3.41. The van der Waals surface area contributed by atoms with Gasteiger partial charge < -0.3 is 4.98 Å². The molecule has 1 fully saturated rings. The third kappa shape index (κ3) is 3.17. The van der Waals surface area contributed by atoms with Crippen LogP contribution in [0.3, 0.4) is 0 Å². The Labute approximate surface area is 148 Å². The van der Waals surface area contributed by atoms with Gasteiger partial charge in [-0.3, -0.25) is 14.8 Å². The van der Waals surface area contributed by atoms with Crippen molar-refractivity contribution in [2.24, 2.45) is 5.92 Å². The van der Waals surface area contributed by atoms with Crippen molar-refractivity contribution in [2.75, 3.05) is 0 Å². The first-order valence-electron chi connectivity index (χ1n) is 8.20. The summed E-state index contributed by atoms with van der Waals surface area (Å²) in [5, 5.41) is 8.28. The molecule has 7 nitrogen and oxygen atoms in total. The molecule has 0 aromatic carbocycles. The van der Waals surface area contributed by atoms with Crippen LogP contribution >= 0.6 is 0 Å². The van der Waals surface area contributed by atoms with E-state index in [2.05, 4.69) is 37.0 Å². The summed E-state index contributed by atoms with van der Waals surface area (Å²) >= 11 is 0. The van der Waals surface area contributed by atoms with Crippen LogP contribution in [0.5, 0.6) is 0 Å². The van der Waals surface area contributed by atoms with Crippen molar-refractivity contribution in [2.45, 2.75) is 19.3 Å². The molecule has 3 heterocycles. The number of aryl methyl sites for hydroxylation is 1. The number of aromatic amines is 2. The second kappa shape index (κ2) is 6.41. The number of rotatable bonds is 2. The molecule has 2 atom stereocenters. The molecule has 0 aliphatic heterocycles. The Kier molecular flexibility index (Phi) is 3.93. The zero-order chi connectivity index (χ0) is 18.1. The van der Waals surface area contributed by atoms with E-state index in [1.165, 1.54) is 6.20 Å². The molecule has 0 bridgehead atoms. The van der Waals surface area contributed by atoms with Gasteiger partial charge in [-0.1, -0.05) is 11.8 Å². The summed E-state index contributed by atoms with van der Waals surface area (Å²) in [7, 11) is 0. The van der Waals surface area contributed by atoms with Crippen molar-refractivity contribution in [3.8, 4) is 23.1 Å². The molecule has 0 spiro atoms. The first kappa shape index (κ1) is 16.0. The summed E-state index contributed by atoms with van der Waals surface area (Å²) in [5.41, 5.74) is 2.50. The van der Waals surface area contributed by atoms with E-state index in [9.17, 15) is 9.59 Å². The third-order valence-corrected chi connectivity index (χ3v) is 4.39. The molecule has 128 valence electrons. The zero-order valence-corrected chi connectivity index (χ0v) is 14.0. The van der Waals surface area contributed by atoms with E-state index in [4.69, 9.17) is 0 Å². The fourth-order valence-electron chi connectivity index (χ4n) is 2.88. The van der Waals surface area contributed by atoms with Gasteiger partial charge in [-0.15, -0.1) is 5.10 Å². The summed E-state index contributed by atoms with van der Waals surface area (Å²) in [6.45, 7) is 1.90. The van der Waals surface area contributed by atoms with Gasteiger partial charge in [-0.05, 0) is 37.1 Å². The van der Waals surface area contributed by atoms with E-state index in [-0.39, 0.29) is 11.8 Å². The second-order valence-corrected chi connectivity index (χ2v) is 6.21. The molecule has 4 rings (SSSR count). The molecule has 0 amide bonds. The van der Waals surface area contributed by atoms with Gasteiger partial charge in [0.25, 0.3) is 5.56 Å². The standard InChI is InChI=1S/C19H15N5O2/c1-11-14(15-8-13(15)3-2-12-4-6-20-7-5-12)9-17(24-23-11)16-10-21-19(26)22-18(16)25/h4-7,9-10,13,15H,8H2,1H3,(H2,21,22,25,26)/t13-,15-/m0/s1. The van der Waals surface area contributed by atoms with Gasteiger partial charge >= 0.3 is 5.69 Å². The molecule has 0 radical (unpaired) electrons. The van der Waals surface area contributed by atoms with Gasteiger partial charge in [-0.2, -0.15) is 5.10 Å². The fraction of sp³-hybridized carbons (Fsp3) is 0.211. The molecule has 3 aromatic heterocycles. The normalized spacial score (nSPS) is 18.0. The van der Waals surface area contributed by atoms with E-state index in [0.29, 0.717) is 11.3 Å². The minimum absolute atomic E-state index is 0.257. The van der Waals surface area contributed by atoms with Crippen LogP contribution in [0.25, 0.3) is 11.3 Å². The smallest absolute Gasteiger partial charge is 0.313 e. The van der Waals surface area contributed by atoms with E-state index in [1.807, 2.05) is 25.1 Å². The lowest BCUT2D eigenvalue weighted by molar-refractivity contribution is 0.912. The van der Waals surface area contributed by atoms with Crippen molar-refractivity contribution in [1.29, 1.82) is 0 Å². The van der Waals surface area contributed by atoms with Gasteiger partial charge in [0.05, 0.1) is 11.3 Å². The summed E-state index contributed by atoms with van der Waals surface area (Å²) in [4.78, 5) is 31.8. The number of nitrogens with zero attached hydrogens (tertiary/aromatic N) is 3. The van der Waals surface area contributed by atoms with Gasteiger partial charge in [-0.25, -0.2) is 4.79 Å². The van der Waals surface area contributed by atoms with Crippen LogP contribution in [0.4, 0.5) is 0 Å². The van der Waals surface area contributed by atoms with Crippen LogP contribution in [0.1, 0.15) is 29.2 Å². The van der Waals surface area contributed by atoms with Crippen LogP contribution in [0.15, 0.2) is 46.4 Å². The Morgan fingerprint density at radius 2 is 2.00 bits per heavy atom. The zero-order valence-electron chi connectivity index (χ0n) is 14.0. The number of aromatic nitrogens is 5. The molecule has 26 heavy (non-hydrogen) atoms. The summed E-state index contributed by atoms with van der Waals surface area (Å²) < 4.78 is 0. The monoisotopic (exact) mass is 345 g/mol. The van der Waals surface area contributed by atoms with E-state index in [1.54, 1.807) is 12.4 Å². The Morgan fingerprint density at radius 1 is 1.19 bits per heavy atom. The lowest BCUT2D eigenvalue weighted by Crippen LogP contribution is -2.23. The lowest BCUT2D eigenvalue weighted by Gasteiger charge is -2.05. The predicted molar refractivity (Wildman–Crippen MR) is 95.4 cm³/mol. The predicted octanol–water partition coefficient (Wildman–Crippen LogP) is 1.38. The quantitative estimate of drug-likeness (QED) is 0.683. The average molecular weight is 345 g/mol. The van der Waals surface area contributed by atoms with Crippen LogP contribution in [0, 0.1) is 24.7 Å². The minimum Gasteiger partial charge on any atom is -0.313 e. The number of hydrogen-bond acceptors (Lipinski definition) is 5. The molecule has 1 saturated carbocycles. The first-order valence-corrected chi connectivity index (χ1v) is 8.20. The summed E-state index contributed by atoms with van der Waals surface area (Å²) in [6, 6.07) is 5.62. The van der Waals surface area contributed by atoms with Crippen molar-refractivity contribution in [3.63, 3.8) is 0 Å². The maximum Gasteiger partial charge on any atom is 0.325 e. The van der Waals surface area contributed by atoms with Crippen LogP contribution in [-0.4, -0.2) is 25.1 Å². The molecule has 7 heteroatoms. The molecule has 1 aliphatic carbocycles. The van der Waals surface area contributed by atoms with Crippen molar-refractivity contribution >= 4 is 0 Å². The summed E-state index contributed by atoms with van der Waals surface area (Å²) in [5.74, 6) is 6.99. The second-order valence-electron chi connectivity index (χ2n) is 6.21. The molecular formula is C19H15N5O2. The van der Waals surface area contributed by atoms with Crippen LogP contribution < -0.4 is 11.2 Å². The topological polar surface area (TPSA) is 104 Å². The Morgan fingerprint density at radius 3 is 2.77 bits per heavy atom. The third-order valence-electron chi connectivity index (χ3n) is 4.39. The maximum absolute atomic E-state index is 12.0. The van der Waals surface area contributed by atoms with Gasteiger partial charge in [0, 0.05) is 36.0 Å². The number of nitrogens with one attached hydrogen (secondary N) is 2. The lowest BCUT2D eigenvalue weighted by atomic mass is 10.1. The highest BCUT2D eigenvalue weighted by molar-refractivity contribution is 5.58. The maximum atomic E-state index is 12.0. The van der Waals surface area contributed by atoms with E-state index >= 15 is 0 Å². The summed E-state index contributed by atoms with van der Waals surface area (Å²) in [6.07, 6.45) is 5.75. The molecule has 2 N–H and O–H groups in total. The van der Waals surface area contributed by atoms with Gasteiger partial charge in [0.1, 0.15) is 5.69 Å². The highest BCUT2D eigenvalue weighted by atomic mass is 16.2. The highest BCUT2D eigenvalue weighted by Crippen LogP contribution is 2.48. The number of hydrogen-bond donors (Lipinski definition) is 2. The molecule has 0 unspecified atom stereocenters. The minimum atomic E-state index is -0.548. The Balaban J connectivity index is 1.61. The van der Waals surface area contributed by atoms with Crippen LogP contribution in [0.2, 0.25) is 0 Å². The largest absolute Gasteiger partial charge is 0.325 e. The first-order chi connectivity index (χ1) is 12.6. The van der Waals surface area contributed by atoms with Gasteiger partial charge in [0.2, 0.25) is 0 Å². The number of pyridine rings is 1.